The summed E-state index contributed by atoms with van der Waals surface area (Å²) in [5, 5.41) is 37.7. The Morgan fingerprint density at radius 3 is 2.32 bits per heavy atom. The fourth-order valence-corrected chi connectivity index (χ4v) is 1.85. The number of carboxylic acids is 1. The van der Waals surface area contributed by atoms with E-state index in [2.05, 4.69) is 19.6 Å². The number of benzene rings is 2. The molecule has 0 aromatic heterocycles. The first-order valence-corrected chi connectivity index (χ1v) is 6.57. The van der Waals surface area contributed by atoms with Gasteiger partial charge in [0.2, 0.25) is 0 Å². The monoisotopic (exact) mass is 322 g/mol. The maximum absolute atomic E-state index is 10.9. The van der Waals surface area contributed by atoms with E-state index in [9.17, 15) is 9.90 Å². The second-order valence-corrected chi connectivity index (χ2v) is 4.70. The van der Waals surface area contributed by atoms with Crippen LogP contribution in [-0.2, 0) is 9.37 Å². The van der Waals surface area contributed by atoms with Crippen molar-refractivity contribution in [2.24, 2.45) is 10.2 Å². The van der Waals surface area contributed by atoms with Crippen molar-refractivity contribution in [3.63, 3.8) is 0 Å². The average Bonchev–Trinajstić information content (AvgIpc) is 2.53. The standard InChI is InChI=1S/C13H10N2O6S/c16-12-6-3-9(7-11(12)13(17)18)15-14-8-1-4-10(5-2-8)22-21-20-19/h1-7,16,19H,(H,17,18). The molecule has 0 aliphatic rings. The number of hydrogen-bond donors (Lipinski definition) is 3. The predicted molar refractivity (Wildman–Crippen MR) is 76.3 cm³/mol. The Kier molecular flexibility index (Phi) is 5.44. The largest absolute Gasteiger partial charge is 0.507 e. The Labute approximate surface area is 128 Å². The van der Waals surface area contributed by atoms with Crippen LogP contribution in [0, 0.1) is 0 Å². The third kappa shape index (κ3) is 4.27. The number of rotatable bonds is 6. The fraction of sp³-hybridized carbons (Fsp3) is 0. The Morgan fingerprint density at radius 2 is 1.68 bits per heavy atom. The second-order valence-electron chi connectivity index (χ2n) is 3.93. The Balaban J connectivity index is 2.11. The van der Waals surface area contributed by atoms with Gasteiger partial charge in [-0.2, -0.15) is 10.2 Å². The second kappa shape index (κ2) is 7.52. The van der Waals surface area contributed by atoms with Crippen LogP contribution in [0.15, 0.2) is 57.6 Å². The van der Waals surface area contributed by atoms with E-state index >= 15 is 0 Å². The molecule has 0 unspecified atom stereocenters. The van der Waals surface area contributed by atoms with E-state index in [0.717, 1.165) is 12.0 Å². The van der Waals surface area contributed by atoms with Gasteiger partial charge in [-0.15, -0.1) is 4.33 Å². The number of aromatic hydroxyl groups is 1. The van der Waals surface area contributed by atoms with Gasteiger partial charge in [0.05, 0.1) is 23.4 Å². The Hall–Kier alpha value is -2.46. The van der Waals surface area contributed by atoms with Gasteiger partial charge in [-0.3, -0.25) is 0 Å². The van der Waals surface area contributed by atoms with Gasteiger partial charge >= 0.3 is 5.97 Å². The first-order chi connectivity index (χ1) is 10.6. The van der Waals surface area contributed by atoms with Crippen molar-refractivity contribution in [3.8, 4) is 5.75 Å². The van der Waals surface area contributed by atoms with E-state index in [-0.39, 0.29) is 11.3 Å². The highest BCUT2D eigenvalue weighted by Crippen LogP contribution is 2.26. The highest BCUT2D eigenvalue weighted by atomic mass is 32.2. The first-order valence-electron chi connectivity index (χ1n) is 5.83. The molecule has 22 heavy (non-hydrogen) atoms. The zero-order valence-electron chi connectivity index (χ0n) is 10.9. The van der Waals surface area contributed by atoms with Crippen LogP contribution in [0.3, 0.4) is 0 Å². The third-order valence-electron chi connectivity index (χ3n) is 2.49. The third-order valence-corrected chi connectivity index (χ3v) is 3.08. The molecule has 0 aliphatic heterocycles. The van der Waals surface area contributed by atoms with Crippen LogP contribution < -0.4 is 0 Å². The molecule has 114 valence electrons. The molecule has 0 fully saturated rings. The maximum atomic E-state index is 10.9. The Morgan fingerprint density at radius 1 is 1.05 bits per heavy atom. The number of carboxylic acid groups (broad SMARTS) is 1. The van der Waals surface area contributed by atoms with Crippen LogP contribution in [-0.4, -0.2) is 21.4 Å². The van der Waals surface area contributed by atoms with Gasteiger partial charge in [-0.1, -0.05) is 5.04 Å². The van der Waals surface area contributed by atoms with E-state index in [4.69, 9.17) is 10.4 Å². The van der Waals surface area contributed by atoms with Gasteiger partial charge in [0.25, 0.3) is 0 Å². The van der Waals surface area contributed by atoms with Crippen LogP contribution in [0.25, 0.3) is 0 Å². The summed E-state index contributed by atoms with van der Waals surface area (Å²) in [6.45, 7) is 0. The molecule has 0 bridgehead atoms. The van der Waals surface area contributed by atoms with Crippen molar-refractivity contribution in [3.05, 3.63) is 48.0 Å². The summed E-state index contributed by atoms with van der Waals surface area (Å²) in [4.78, 5) is 11.6. The topological polar surface area (TPSA) is 121 Å². The number of carbonyl (C=O) groups is 1. The summed E-state index contributed by atoms with van der Waals surface area (Å²) in [5.41, 5.74) is 0.578. The zero-order chi connectivity index (χ0) is 15.9. The molecule has 0 atom stereocenters. The van der Waals surface area contributed by atoms with Crippen LogP contribution in [0.2, 0.25) is 0 Å². The van der Waals surface area contributed by atoms with Crippen LogP contribution in [0.1, 0.15) is 10.4 Å². The SMILES string of the molecule is O=C(O)c1cc(N=Nc2ccc(SOOO)cc2)ccc1O. The molecule has 2 rings (SSSR count). The molecule has 0 amide bonds. The summed E-state index contributed by atoms with van der Waals surface area (Å²) < 4.78 is 4.27. The minimum atomic E-state index is -1.25. The number of aromatic carboxylic acids is 1. The molecule has 0 saturated carbocycles. The normalized spacial score (nSPS) is 11.0. The first kappa shape index (κ1) is 15.9. The highest BCUT2D eigenvalue weighted by Gasteiger charge is 2.09. The summed E-state index contributed by atoms with van der Waals surface area (Å²) >= 11 is 0.813. The smallest absolute Gasteiger partial charge is 0.339 e. The summed E-state index contributed by atoms with van der Waals surface area (Å²) in [7, 11) is 0. The molecular weight excluding hydrogens is 312 g/mol. The fourth-order valence-electron chi connectivity index (χ4n) is 1.50. The summed E-state index contributed by atoms with van der Waals surface area (Å²) in [6, 6.07) is 10.5. The zero-order valence-corrected chi connectivity index (χ0v) is 11.7. The molecule has 0 spiro atoms. The van der Waals surface area contributed by atoms with Gasteiger partial charge in [0.15, 0.2) is 0 Å². The van der Waals surface area contributed by atoms with E-state index in [1.165, 1.54) is 18.2 Å². The van der Waals surface area contributed by atoms with E-state index in [1.54, 1.807) is 24.3 Å². The molecule has 0 heterocycles. The van der Waals surface area contributed by atoms with E-state index < -0.39 is 5.97 Å². The van der Waals surface area contributed by atoms with Crippen LogP contribution in [0.4, 0.5) is 11.4 Å². The minimum absolute atomic E-state index is 0.246. The van der Waals surface area contributed by atoms with Crippen molar-refractivity contribution in [1.29, 1.82) is 0 Å². The Bertz CT molecular complexity index is 689. The van der Waals surface area contributed by atoms with Gasteiger partial charge in [0, 0.05) is 4.90 Å². The van der Waals surface area contributed by atoms with Gasteiger partial charge in [-0.25, -0.2) is 10.1 Å². The predicted octanol–water partition coefficient (Wildman–Crippen LogP) is 3.93. The maximum Gasteiger partial charge on any atom is 0.339 e. The number of hydrogen-bond acceptors (Lipinski definition) is 8. The molecule has 2 aromatic carbocycles. The van der Waals surface area contributed by atoms with Crippen LogP contribution in [0.5, 0.6) is 5.75 Å². The van der Waals surface area contributed by atoms with Gasteiger partial charge in [0.1, 0.15) is 11.3 Å². The molecule has 3 N–H and O–H groups in total. The van der Waals surface area contributed by atoms with Crippen molar-refractivity contribution in [2.75, 3.05) is 0 Å². The summed E-state index contributed by atoms with van der Waals surface area (Å²) in [5.74, 6) is -1.58. The lowest BCUT2D eigenvalue weighted by molar-refractivity contribution is -0.432. The lowest BCUT2D eigenvalue weighted by Crippen LogP contribution is -1.95. The number of phenols is 1. The van der Waals surface area contributed by atoms with Crippen molar-refractivity contribution < 1.29 is 29.6 Å². The highest BCUT2D eigenvalue weighted by molar-refractivity contribution is 7.94. The summed E-state index contributed by atoms with van der Waals surface area (Å²) in [6.07, 6.45) is 0. The molecule has 8 nitrogen and oxygen atoms in total. The lowest BCUT2D eigenvalue weighted by atomic mass is 10.2. The van der Waals surface area contributed by atoms with E-state index in [1.807, 2.05) is 0 Å². The number of nitrogens with zero attached hydrogens (tertiary/aromatic N) is 2. The van der Waals surface area contributed by atoms with Crippen LogP contribution >= 0.6 is 12.0 Å². The van der Waals surface area contributed by atoms with Crippen molar-refractivity contribution in [2.45, 2.75) is 4.90 Å². The molecule has 9 heteroatoms. The molecule has 0 aliphatic carbocycles. The minimum Gasteiger partial charge on any atom is -0.507 e. The van der Waals surface area contributed by atoms with Crippen molar-refractivity contribution >= 4 is 29.4 Å². The van der Waals surface area contributed by atoms with Gasteiger partial charge < -0.3 is 10.2 Å². The lowest BCUT2D eigenvalue weighted by Gasteiger charge is -2.00. The van der Waals surface area contributed by atoms with Gasteiger partial charge in [-0.05, 0) is 42.5 Å². The quantitative estimate of drug-likeness (QED) is 0.319. The number of azo groups is 1. The van der Waals surface area contributed by atoms with Crippen molar-refractivity contribution in [1.82, 2.24) is 0 Å². The molecular formula is C13H10N2O6S. The average molecular weight is 322 g/mol. The molecule has 2 aromatic rings. The molecule has 0 radical (unpaired) electrons. The molecule has 0 saturated heterocycles. The van der Waals surface area contributed by atoms with E-state index in [0.29, 0.717) is 16.3 Å².